The van der Waals surface area contributed by atoms with Gasteiger partial charge in [0.05, 0.1) is 42.2 Å². The molecule has 4 fully saturated rings. The van der Waals surface area contributed by atoms with Crippen molar-refractivity contribution < 1.29 is 27.8 Å². The van der Waals surface area contributed by atoms with Gasteiger partial charge in [0, 0.05) is 48.5 Å². The zero-order valence-electron chi connectivity index (χ0n) is 32.0. The predicted molar refractivity (Wildman–Crippen MR) is 205 cm³/mol. The highest BCUT2D eigenvalue weighted by Crippen LogP contribution is 2.52. The largest absolute Gasteiger partial charge is 0.434 e. The van der Waals surface area contributed by atoms with E-state index in [0.717, 1.165) is 81.8 Å². The second-order valence-electron chi connectivity index (χ2n) is 16.4. The number of likely N-dealkylation sites (tertiary alicyclic amines) is 2. The zero-order chi connectivity index (χ0) is 38.2. The van der Waals surface area contributed by atoms with E-state index in [4.69, 9.17) is 19.4 Å². The van der Waals surface area contributed by atoms with Crippen LogP contribution in [0, 0.1) is 12.7 Å². The number of anilines is 1. The molecule has 5 aliphatic rings. The quantitative estimate of drug-likeness (QED) is 0.223. The van der Waals surface area contributed by atoms with Gasteiger partial charge in [-0.15, -0.1) is 0 Å². The van der Waals surface area contributed by atoms with Gasteiger partial charge in [0.25, 0.3) is 5.91 Å². The summed E-state index contributed by atoms with van der Waals surface area (Å²) in [5.41, 5.74) is 4.73. The summed E-state index contributed by atoms with van der Waals surface area (Å²) in [6, 6.07) is 11.5. The van der Waals surface area contributed by atoms with Gasteiger partial charge < -0.3 is 24.3 Å². The Labute approximate surface area is 320 Å². The maximum atomic E-state index is 15.5. The molecule has 1 saturated carbocycles. The molecule has 0 unspecified atom stereocenters. The number of amides is 2. The van der Waals surface area contributed by atoms with Crippen molar-refractivity contribution in [2.24, 2.45) is 0 Å². The summed E-state index contributed by atoms with van der Waals surface area (Å²) in [6.45, 7) is 10.3. The molecule has 11 nitrogen and oxygen atoms in total. The molecule has 55 heavy (non-hydrogen) atoms. The Kier molecular flexibility index (Phi) is 9.17. The molecule has 6 heterocycles. The first-order valence-electron chi connectivity index (χ1n) is 19.8. The Morgan fingerprint density at radius 1 is 1.04 bits per heavy atom. The minimum absolute atomic E-state index is 0.00955. The number of pyridine rings is 1. The third-order valence-corrected chi connectivity index (χ3v) is 12.9. The third-order valence-electron chi connectivity index (χ3n) is 12.9. The van der Waals surface area contributed by atoms with Crippen molar-refractivity contribution in [1.29, 1.82) is 0 Å². The monoisotopic (exact) mass is 753 g/mol. The van der Waals surface area contributed by atoms with E-state index < -0.39 is 17.4 Å². The van der Waals surface area contributed by atoms with Crippen LogP contribution < -0.4 is 15.0 Å². The number of halogens is 2. The van der Waals surface area contributed by atoms with Crippen LogP contribution in [0.3, 0.4) is 0 Å². The van der Waals surface area contributed by atoms with E-state index in [1.807, 2.05) is 30.5 Å². The predicted octanol–water partition coefficient (Wildman–Crippen LogP) is 6.32. The summed E-state index contributed by atoms with van der Waals surface area (Å²) >= 11 is 0. The number of benzene rings is 2. The molecular formula is C42H49F2N7O4. The van der Waals surface area contributed by atoms with Crippen molar-refractivity contribution in [3.05, 3.63) is 65.2 Å². The fourth-order valence-corrected chi connectivity index (χ4v) is 9.50. The first kappa shape index (κ1) is 36.2. The van der Waals surface area contributed by atoms with Crippen LogP contribution in [0.15, 0.2) is 42.7 Å². The molecule has 1 aliphatic carbocycles. The minimum atomic E-state index is -0.787. The van der Waals surface area contributed by atoms with Crippen molar-refractivity contribution in [2.45, 2.75) is 95.1 Å². The van der Waals surface area contributed by atoms with E-state index >= 15 is 4.39 Å². The highest BCUT2D eigenvalue weighted by atomic mass is 19.1. The first-order chi connectivity index (χ1) is 26.5. The van der Waals surface area contributed by atoms with Crippen LogP contribution in [0.25, 0.3) is 22.3 Å². The number of rotatable bonds is 8. The fourth-order valence-electron chi connectivity index (χ4n) is 9.50. The number of imidazole rings is 1. The molecule has 2 aromatic carbocycles. The van der Waals surface area contributed by atoms with Gasteiger partial charge in [0.1, 0.15) is 11.7 Å². The number of aryl methyl sites for hydroxylation is 1. The second-order valence-corrected chi connectivity index (χ2v) is 16.4. The van der Waals surface area contributed by atoms with Gasteiger partial charge in [-0.1, -0.05) is 12.1 Å². The molecule has 4 aromatic rings. The van der Waals surface area contributed by atoms with Crippen LogP contribution in [0.4, 0.5) is 14.5 Å². The summed E-state index contributed by atoms with van der Waals surface area (Å²) < 4.78 is 43.6. The highest BCUT2D eigenvalue weighted by molar-refractivity contribution is 6.09. The lowest BCUT2D eigenvalue weighted by Gasteiger charge is -2.49. The zero-order valence-corrected chi connectivity index (χ0v) is 32.0. The average molecular weight is 754 g/mol. The molecule has 0 bridgehead atoms. The van der Waals surface area contributed by atoms with E-state index in [0.29, 0.717) is 46.9 Å². The maximum absolute atomic E-state index is 15.5. The number of alkyl halides is 1. The molecule has 3 saturated heterocycles. The van der Waals surface area contributed by atoms with Gasteiger partial charge >= 0.3 is 0 Å². The molecule has 2 amide bonds. The molecular weight excluding hydrogens is 705 g/mol. The van der Waals surface area contributed by atoms with Gasteiger partial charge in [-0.2, -0.15) is 0 Å². The molecule has 1 spiro atoms. The lowest BCUT2D eigenvalue weighted by Crippen LogP contribution is -2.60. The van der Waals surface area contributed by atoms with Gasteiger partial charge in [0.2, 0.25) is 11.8 Å². The topological polar surface area (TPSA) is 105 Å². The van der Waals surface area contributed by atoms with Crippen molar-refractivity contribution in [3.63, 3.8) is 0 Å². The van der Waals surface area contributed by atoms with Crippen LogP contribution in [0.2, 0.25) is 0 Å². The SMILES string of the molecule is CNC(=O)c1cc(Oc2nc(-c3ccc4c(c3)N(C3CC(N5CCC[C@@H](F)C5)C3)C(=O)C43CCN(C4COC4)CC3)cc3ncn(C(C)C)c23)c(F)cc1C. The Morgan fingerprint density at radius 2 is 1.82 bits per heavy atom. The number of nitrogens with one attached hydrogen (secondary N) is 1. The molecule has 4 aliphatic heterocycles. The molecule has 13 heteroatoms. The third kappa shape index (κ3) is 6.09. The van der Waals surface area contributed by atoms with E-state index in [1.165, 1.54) is 19.2 Å². The van der Waals surface area contributed by atoms with Crippen LogP contribution in [0.1, 0.15) is 79.9 Å². The van der Waals surface area contributed by atoms with Gasteiger partial charge in [0.15, 0.2) is 11.6 Å². The van der Waals surface area contributed by atoms with Crippen molar-refractivity contribution in [3.8, 4) is 22.9 Å². The number of carbonyl (C=O) groups excluding carboxylic acids is 2. The Hall–Kier alpha value is -4.46. The summed E-state index contributed by atoms with van der Waals surface area (Å²) in [4.78, 5) is 44.0. The molecule has 1 atom stereocenters. The molecule has 290 valence electrons. The second kappa shape index (κ2) is 13.9. The summed E-state index contributed by atoms with van der Waals surface area (Å²) in [7, 11) is 1.53. The van der Waals surface area contributed by atoms with Crippen molar-refractivity contribution in [2.75, 3.05) is 51.3 Å². The van der Waals surface area contributed by atoms with Crippen LogP contribution in [-0.4, -0.2) is 107 Å². The number of hydrogen-bond acceptors (Lipinski definition) is 8. The number of ether oxygens (including phenoxy) is 2. The first-order valence-corrected chi connectivity index (χ1v) is 19.8. The lowest BCUT2D eigenvalue weighted by molar-refractivity contribution is -0.128. The Bertz CT molecular complexity index is 2150. The molecule has 0 radical (unpaired) electrons. The highest BCUT2D eigenvalue weighted by Gasteiger charge is 2.56. The van der Waals surface area contributed by atoms with Gasteiger partial charge in [-0.25, -0.2) is 18.7 Å². The number of fused-ring (bicyclic) bond motifs is 3. The maximum Gasteiger partial charge on any atom is 0.251 e. The van der Waals surface area contributed by atoms with Crippen molar-refractivity contribution >= 4 is 28.5 Å². The summed E-state index contributed by atoms with van der Waals surface area (Å²) in [6.07, 6.45) is 5.55. The smallest absolute Gasteiger partial charge is 0.251 e. The average Bonchev–Trinajstić information content (AvgIpc) is 3.66. The van der Waals surface area contributed by atoms with Crippen LogP contribution in [0.5, 0.6) is 11.6 Å². The fraction of sp³-hybridized carbons (Fsp3) is 0.524. The van der Waals surface area contributed by atoms with E-state index in [2.05, 4.69) is 32.1 Å². The van der Waals surface area contributed by atoms with E-state index in [9.17, 15) is 14.0 Å². The van der Waals surface area contributed by atoms with Crippen LogP contribution >= 0.6 is 0 Å². The number of hydrogen-bond donors (Lipinski definition) is 1. The van der Waals surface area contributed by atoms with Gasteiger partial charge in [-0.05, 0) is 114 Å². The molecule has 9 rings (SSSR count). The summed E-state index contributed by atoms with van der Waals surface area (Å²) in [5.74, 6) is -0.749. The Morgan fingerprint density at radius 3 is 2.51 bits per heavy atom. The van der Waals surface area contributed by atoms with Crippen LogP contribution in [-0.2, 0) is 14.9 Å². The van der Waals surface area contributed by atoms with E-state index in [-0.39, 0.29) is 41.6 Å². The minimum Gasteiger partial charge on any atom is -0.434 e. The number of carbonyl (C=O) groups is 2. The van der Waals surface area contributed by atoms with Crippen molar-refractivity contribution in [1.82, 2.24) is 29.7 Å². The molecule has 2 aromatic heterocycles. The Balaban J connectivity index is 1.10. The number of piperidine rings is 2. The normalized spacial score (nSPS) is 24.3. The summed E-state index contributed by atoms with van der Waals surface area (Å²) in [5, 5.41) is 2.61. The lowest BCUT2D eigenvalue weighted by atomic mass is 9.73. The van der Waals surface area contributed by atoms with E-state index in [1.54, 1.807) is 13.3 Å². The van der Waals surface area contributed by atoms with Gasteiger partial charge in [-0.3, -0.25) is 19.4 Å². The number of aromatic nitrogens is 3. The molecule has 1 N–H and O–H groups in total. The number of nitrogens with zero attached hydrogens (tertiary/aromatic N) is 6. The standard InChI is InChI=1S/C42H49F2N7O4/c1-24(2)50-23-46-35-19-34(47-40(38(35)50)55-37-18-31(39(52)45-4)25(3)14-33(37)44)26-7-8-32-36(15-26)51(29-16-28(17-29)49-11-5-6-27(43)20-49)41(53)42(32)9-12-48(13-10-42)30-21-54-22-30/h7-8,14-15,18-19,23-24,27-30H,5-6,9-13,16-17,20-22H2,1-4H3,(H,45,52)/t27-,28?,29?/m1/s1.